The highest BCUT2D eigenvalue weighted by atomic mass is 19.1. The van der Waals surface area contributed by atoms with Crippen molar-refractivity contribution >= 4 is 0 Å². The van der Waals surface area contributed by atoms with E-state index in [9.17, 15) is 4.39 Å². The Balaban J connectivity index is 2.03. The van der Waals surface area contributed by atoms with Crippen LogP contribution in [0.1, 0.15) is 5.56 Å². The molecule has 96 valence electrons. The standard InChI is InChI=1S/C13H21FN2O/c1-16(2)9-7-15-8-10-17-11-12-5-3-4-6-13(12)14/h3-6,15H,7-11H2,1-2H3. The molecule has 0 unspecified atom stereocenters. The van der Waals surface area contributed by atoms with Gasteiger partial charge in [-0.25, -0.2) is 4.39 Å². The molecule has 4 heteroatoms. The maximum atomic E-state index is 13.2. The molecule has 0 amide bonds. The molecule has 17 heavy (non-hydrogen) atoms. The number of nitrogens with zero attached hydrogens (tertiary/aromatic N) is 1. The third-order valence-electron chi connectivity index (χ3n) is 2.37. The van der Waals surface area contributed by atoms with Gasteiger partial charge in [-0.2, -0.15) is 0 Å². The first-order chi connectivity index (χ1) is 8.20. The lowest BCUT2D eigenvalue weighted by molar-refractivity contribution is 0.120. The Labute approximate surface area is 103 Å². The first-order valence-corrected chi connectivity index (χ1v) is 5.86. The summed E-state index contributed by atoms with van der Waals surface area (Å²) in [6, 6.07) is 6.70. The molecular formula is C13H21FN2O. The molecule has 0 heterocycles. The number of benzene rings is 1. The third kappa shape index (κ3) is 6.36. The van der Waals surface area contributed by atoms with Gasteiger partial charge in [0.05, 0.1) is 13.2 Å². The van der Waals surface area contributed by atoms with Gasteiger partial charge in [-0.15, -0.1) is 0 Å². The van der Waals surface area contributed by atoms with Crippen molar-refractivity contribution in [1.82, 2.24) is 10.2 Å². The highest BCUT2D eigenvalue weighted by molar-refractivity contribution is 5.16. The summed E-state index contributed by atoms with van der Waals surface area (Å²) < 4.78 is 18.6. The molecule has 0 atom stereocenters. The van der Waals surface area contributed by atoms with E-state index in [2.05, 4.69) is 10.2 Å². The fourth-order valence-corrected chi connectivity index (χ4v) is 1.37. The smallest absolute Gasteiger partial charge is 0.128 e. The maximum Gasteiger partial charge on any atom is 0.128 e. The lowest BCUT2D eigenvalue weighted by Crippen LogP contribution is -2.28. The minimum atomic E-state index is -0.201. The van der Waals surface area contributed by atoms with E-state index in [0.717, 1.165) is 19.6 Å². The van der Waals surface area contributed by atoms with Crippen molar-refractivity contribution in [2.75, 3.05) is 40.3 Å². The molecule has 3 nitrogen and oxygen atoms in total. The van der Waals surface area contributed by atoms with Crippen LogP contribution in [0, 0.1) is 5.82 Å². The number of hydrogen-bond acceptors (Lipinski definition) is 3. The largest absolute Gasteiger partial charge is 0.375 e. The number of nitrogens with one attached hydrogen (secondary N) is 1. The van der Waals surface area contributed by atoms with Crippen LogP contribution in [0.4, 0.5) is 4.39 Å². The summed E-state index contributed by atoms with van der Waals surface area (Å²) in [6.07, 6.45) is 0. The molecule has 0 fully saturated rings. The zero-order valence-electron chi connectivity index (χ0n) is 10.6. The van der Waals surface area contributed by atoms with Gasteiger partial charge in [0.1, 0.15) is 5.82 Å². The average Bonchev–Trinajstić information content (AvgIpc) is 2.30. The molecule has 0 bridgehead atoms. The monoisotopic (exact) mass is 240 g/mol. The van der Waals surface area contributed by atoms with Crippen molar-refractivity contribution in [2.24, 2.45) is 0 Å². The minimum Gasteiger partial charge on any atom is -0.375 e. The van der Waals surface area contributed by atoms with E-state index in [1.54, 1.807) is 12.1 Å². The summed E-state index contributed by atoms with van der Waals surface area (Å²) in [5, 5.41) is 3.26. The molecule has 1 rings (SSSR count). The summed E-state index contributed by atoms with van der Waals surface area (Å²) in [4.78, 5) is 2.12. The van der Waals surface area contributed by atoms with Crippen molar-refractivity contribution in [3.8, 4) is 0 Å². The molecule has 0 radical (unpaired) electrons. The summed E-state index contributed by atoms with van der Waals surface area (Å²) in [5.41, 5.74) is 0.612. The Morgan fingerprint density at radius 2 is 2.00 bits per heavy atom. The van der Waals surface area contributed by atoms with E-state index in [1.807, 2.05) is 20.2 Å². The predicted octanol–water partition coefficient (Wildman–Crippen LogP) is 1.49. The highest BCUT2D eigenvalue weighted by Crippen LogP contribution is 2.06. The summed E-state index contributed by atoms with van der Waals surface area (Å²) >= 11 is 0. The Kier molecular flexibility index (Phi) is 6.77. The Morgan fingerprint density at radius 1 is 1.24 bits per heavy atom. The van der Waals surface area contributed by atoms with Gasteiger partial charge >= 0.3 is 0 Å². The van der Waals surface area contributed by atoms with E-state index < -0.39 is 0 Å². The van der Waals surface area contributed by atoms with Crippen molar-refractivity contribution in [3.05, 3.63) is 35.6 Å². The Morgan fingerprint density at radius 3 is 2.71 bits per heavy atom. The molecule has 0 saturated carbocycles. The third-order valence-corrected chi connectivity index (χ3v) is 2.37. The van der Waals surface area contributed by atoms with Gasteiger partial charge in [0, 0.05) is 25.2 Å². The second-order valence-electron chi connectivity index (χ2n) is 4.20. The first kappa shape index (κ1) is 14.1. The zero-order valence-corrected chi connectivity index (χ0v) is 10.6. The predicted molar refractivity (Wildman–Crippen MR) is 67.5 cm³/mol. The molecule has 0 aromatic heterocycles. The summed E-state index contributed by atoms with van der Waals surface area (Å²) in [7, 11) is 4.08. The molecule has 0 saturated heterocycles. The number of ether oxygens (including phenoxy) is 1. The van der Waals surface area contributed by atoms with Crippen LogP contribution in [-0.4, -0.2) is 45.2 Å². The first-order valence-electron chi connectivity index (χ1n) is 5.86. The van der Waals surface area contributed by atoms with E-state index in [0.29, 0.717) is 18.8 Å². The van der Waals surface area contributed by atoms with Gasteiger partial charge in [-0.1, -0.05) is 18.2 Å². The van der Waals surface area contributed by atoms with E-state index in [4.69, 9.17) is 4.74 Å². The normalized spacial score (nSPS) is 11.1. The van der Waals surface area contributed by atoms with Crippen LogP contribution in [0.15, 0.2) is 24.3 Å². The zero-order chi connectivity index (χ0) is 12.5. The lowest BCUT2D eigenvalue weighted by atomic mass is 10.2. The van der Waals surface area contributed by atoms with Crippen LogP contribution in [0.3, 0.4) is 0 Å². The maximum absolute atomic E-state index is 13.2. The molecule has 0 aliphatic rings. The Hall–Kier alpha value is -0.970. The quantitative estimate of drug-likeness (QED) is 0.697. The summed E-state index contributed by atoms with van der Waals surface area (Å²) in [6.45, 7) is 3.68. The molecule has 0 aliphatic heterocycles. The second kappa shape index (κ2) is 8.17. The van der Waals surface area contributed by atoms with Crippen LogP contribution < -0.4 is 5.32 Å². The van der Waals surface area contributed by atoms with E-state index >= 15 is 0 Å². The van der Waals surface area contributed by atoms with Crippen molar-refractivity contribution < 1.29 is 9.13 Å². The van der Waals surface area contributed by atoms with Gasteiger partial charge in [0.15, 0.2) is 0 Å². The molecule has 0 spiro atoms. The fourth-order valence-electron chi connectivity index (χ4n) is 1.37. The average molecular weight is 240 g/mol. The molecular weight excluding hydrogens is 219 g/mol. The van der Waals surface area contributed by atoms with Crippen molar-refractivity contribution in [3.63, 3.8) is 0 Å². The van der Waals surface area contributed by atoms with Crippen molar-refractivity contribution in [2.45, 2.75) is 6.61 Å². The molecule has 1 N–H and O–H groups in total. The van der Waals surface area contributed by atoms with Gasteiger partial charge in [-0.3, -0.25) is 0 Å². The number of halogens is 1. The molecule has 0 aliphatic carbocycles. The van der Waals surface area contributed by atoms with Crippen LogP contribution >= 0.6 is 0 Å². The van der Waals surface area contributed by atoms with E-state index in [-0.39, 0.29) is 5.82 Å². The fraction of sp³-hybridized carbons (Fsp3) is 0.538. The van der Waals surface area contributed by atoms with Crippen LogP contribution in [0.25, 0.3) is 0 Å². The van der Waals surface area contributed by atoms with Gasteiger partial charge in [-0.05, 0) is 20.2 Å². The Bertz CT molecular complexity index is 318. The van der Waals surface area contributed by atoms with Gasteiger partial charge in [0.25, 0.3) is 0 Å². The van der Waals surface area contributed by atoms with Gasteiger partial charge < -0.3 is 15.0 Å². The highest BCUT2D eigenvalue weighted by Gasteiger charge is 1.99. The number of hydrogen-bond donors (Lipinski definition) is 1. The summed E-state index contributed by atoms with van der Waals surface area (Å²) in [5.74, 6) is -0.201. The lowest BCUT2D eigenvalue weighted by Gasteiger charge is -2.10. The minimum absolute atomic E-state index is 0.201. The second-order valence-corrected chi connectivity index (χ2v) is 4.20. The van der Waals surface area contributed by atoms with Crippen LogP contribution in [-0.2, 0) is 11.3 Å². The van der Waals surface area contributed by atoms with Crippen molar-refractivity contribution in [1.29, 1.82) is 0 Å². The molecule has 1 aromatic carbocycles. The van der Waals surface area contributed by atoms with Gasteiger partial charge in [0.2, 0.25) is 0 Å². The number of rotatable bonds is 8. The topological polar surface area (TPSA) is 24.5 Å². The molecule has 1 aromatic rings. The van der Waals surface area contributed by atoms with E-state index in [1.165, 1.54) is 6.07 Å². The SMILES string of the molecule is CN(C)CCNCCOCc1ccccc1F. The van der Waals surface area contributed by atoms with Crippen LogP contribution in [0.5, 0.6) is 0 Å². The number of likely N-dealkylation sites (N-methyl/N-ethyl adjacent to an activating group) is 1. The van der Waals surface area contributed by atoms with Crippen LogP contribution in [0.2, 0.25) is 0 Å².